The maximum absolute atomic E-state index is 11.3. The van der Waals surface area contributed by atoms with Crippen LogP contribution in [0.5, 0.6) is 0 Å². The standard InChI is InChI=1S/C11H14BrNO2.ClH/c1-2-15-11(14)10(13)7-8-3-5-9(12)6-4-8;/h3-6,10H,2,7,13H2,1H3;1H. The third-order valence-corrected chi connectivity index (χ3v) is 2.49. The zero-order valence-electron chi connectivity index (χ0n) is 8.98. The molecule has 5 heteroatoms. The van der Waals surface area contributed by atoms with Crippen molar-refractivity contribution in [3.8, 4) is 0 Å². The lowest BCUT2D eigenvalue weighted by Crippen LogP contribution is -2.34. The second-order valence-corrected chi connectivity index (χ2v) is 4.10. The molecule has 90 valence electrons. The highest BCUT2D eigenvalue weighted by Gasteiger charge is 2.14. The first-order chi connectivity index (χ1) is 7.13. The molecule has 1 aromatic rings. The van der Waals surface area contributed by atoms with E-state index in [0.717, 1.165) is 10.0 Å². The fourth-order valence-electron chi connectivity index (χ4n) is 1.21. The van der Waals surface area contributed by atoms with E-state index >= 15 is 0 Å². The van der Waals surface area contributed by atoms with Crippen molar-refractivity contribution >= 4 is 34.3 Å². The van der Waals surface area contributed by atoms with Gasteiger partial charge in [-0.05, 0) is 31.0 Å². The first-order valence-electron chi connectivity index (χ1n) is 4.80. The van der Waals surface area contributed by atoms with Crippen LogP contribution in [-0.4, -0.2) is 18.6 Å². The largest absolute Gasteiger partial charge is 0.465 e. The number of carbonyl (C=O) groups is 1. The molecule has 0 saturated heterocycles. The van der Waals surface area contributed by atoms with Gasteiger partial charge in [0, 0.05) is 4.47 Å². The Morgan fingerprint density at radius 1 is 1.44 bits per heavy atom. The zero-order valence-corrected chi connectivity index (χ0v) is 11.4. The molecular weight excluding hydrogens is 293 g/mol. The lowest BCUT2D eigenvalue weighted by atomic mass is 10.1. The molecule has 0 amide bonds. The van der Waals surface area contributed by atoms with Gasteiger partial charge >= 0.3 is 5.97 Å². The fourth-order valence-corrected chi connectivity index (χ4v) is 1.47. The van der Waals surface area contributed by atoms with Gasteiger partial charge < -0.3 is 10.5 Å². The molecule has 0 bridgehead atoms. The first kappa shape index (κ1) is 15.4. The van der Waals surface area contributed by atoms with Crippen molar-refractivity contribution in [2.75, 3.05) is 6.61 Å². The molecule has 0 fully saturated rings. The van der Waals surface area contributed by atoms with Gasteiger partial charge in [0.05, 0.1) is 6.61 Å². The second-order valence-electron chi connectivity index (χ2n) is 3.19. The van der Waals surface area contributed by atoms with E-state index in [4.69, 9.17) is 10.5 Å². The molecule has 1 atom stereocenters. The molecule has 2 N–H and O–H groups in total. The van der Waals surface area contributed by atoms with Gasteiger partial charge in [-0.2, -0.15) is 0 Å². The molecule has 0 aliphatic rings. The number of hydrogen-bond acceptors (Lipinski definition) is 3. The summed E-state index contributed by atoms with van der Waals surface area (Å²) in [6.07, 6.45) is 0.506. The highest BCUT2D eigenvalue weighted by Crippen LogP contribution is 2.11. The Kier molecular flexibility index (Phi) is 7.38. The molecule has 0 aromatic heterocycles. The molecule has 1 aromatic carbocycles. The minimum absolute atomic E-state index is 0. The summed E-state index contributed by atoms with van der Waals surface area (Å²) in [6, 6.07) is 7.14. The van der Waals surface area contributed by atoms with Crippen molar-refractivity contribution in [3.63, 3.8) is 0 Å². The van der Waals surface area contributed by atoms with Crippen molar-refractivity contribution in [3.05, 3.63) is 34.3 Å². The summed E-state index contributed by atoms with van der Waals surface area (Å²) in [5.41, 5.74) is 6.71. The number of benzene rings is 1. The SMILES string of the molecule is CCOC(=O)C(N)Cc1ccc(Br)cc1.Cl. The van der Waals surface area contributed by atoms with E-state index in [9.17, 15) is 4.79 Å². The number of hydrogen-bond donors (Lipinski definition) is 1. The Hall–Kier alpha value is -0.580. The summed E-state index contributed by atoms with van der Waals surface area (Å²) in [5.74, 6) is -0.347. The molecule has 0 heterocycles. The van der Waals surface area contributed by atoms with E-state index in [1.165, 1.54) is 0 Å². The molecule has 1 unspecified atom stereocenters. The molecule has 1 rings (SSSR count). The highest BCUT2D eigenvalue weighted by atomic mass is 79.9. The molecule has 0 spiro atoms. The van der Waals surface area contributed by atoms with Gasteiger partial charge in [0.15, 0.2) is 0 Å². The smallest absolute Gasteiger partial charge is 0.323 e. The van der Waals surface area contributed by atoms with Gasteiger partial charge in [-0.15, -0.1) is 12.4 Å². The van der Waals surface area contributed by atoms with Crippen molar-refractivity contribution in [2.45, 2.75) is 19.4 Å². The summed E-state index contributed by atoms with van der Waals surface area (Å²) < 4.78 is 5.84. The predicted octanol–water partition coefficient (Wildman–Crippen LogP) is 2.30. The van der Waals surface area contributed by atoms with Crippen LogP contribution in [0.4, 0.5) is 0 Å². The van der Waals surface area contributed by atoms with Crippen LogP contribution >= 0.6 is 28.3 Å². The lowest BCUT2D eigenvalue weighted by molar-refractivity contribution is -0.144. The molecule has 0 aliphatic heterocycles. The summed E-state index contributed by atoms with van der Waals surface area (Å²) in [4.78, 5) is 11.3. The Labute approximate surface area is 110 Å². The van der Waals surface area contributed by atoms with E-state index in [1.54, 1.807) is 6.92 Å². The van der Waals surface area contributed by atoms with Gasteiger partial charge in [0.1, 0.15) is 6.04 Å². The average Bonchev–Trinajstić information content (AvgIpc) is 2.22. The Bertz CT molecular complexity index is 329. The number of ether oxygens (including phenoxy) is 1. The summed E-state index contributed by atoms with van der Waals surface area (Å²) in [5, 5.41) is 0. The highest BCUT2D eigenvalue weighted by molar-refractivity contribution is 9.10. The number of nitrogens with two attached hydrogens (primary N) is 1. The van der Waals surface area contributed by atoms with Crippen LogP contribution in [0.1, 0.15) is 12.5 Å². The Morgan fingerprint density at radius 2 is 2.00 bits per heavy atom. The third-order valence-electron chi connectivity index (χ3n) is 1.96. The lowest BCUT2D eigenvalue weighted by Gasteiger charge is -2.10. The quantitative estimate of drug-likeness (QED) is 0.868. The molecular formula is C11H15BrClNO2. The molecule has 0 aliphatic carbocycles. The first-order valence-corrected chi connectivity index (χ1v) is 5.59. The molecule has 3 nitrogen and oxygen atoms in total. The fraction of sp³-hybridized carbons (Fsp3) is 0.364. The van der Waals surface area contributed by atoms with E-state index in [0.29, 0.717) is 13.0 Å². The monoisotopic (exact) mass is 307 g/mol. The van der Waals surface area contributed by atoms with E-state index in [-0.39, 0.29) is 18.4 Å². The third kappa shape index (κ3) is 4.96. The van der Waals surface area contributed by atoms with Gasteiger partial charge in [-0.1, -0.05) is 28.1 Å². The van der Waals surface area contributed by atoms with E-state index in [2.05, 4.69) is 15.9 Å². The van der Waals surface area contributed by atoms with Crippen molar-refractivity contribution in [1.29, 1.82) is 0 Å². The maximum atomic E-state index is 11.3. The maximum Gasteiger partial charge on any atom is 0.323 e. The number of halogens is 2. The summed E-state index contributed by atoms with van der Waals surface area (Å²) >= 11 is 3.34. The summed E-state index contributed by atoms with van der Waals surface area (Å²) in [6.45, 7) is 2.14. The second kappa shape index (κ2) is 7.65. The van der Waals surface area contributed by atoms with Gasteiger partial charge in [-0.3, -0.25) is 4.79 Å². The Balaban J connectivity index is 0.00000225. The Morgan fingerprint density at radius 3 is 2.50 bits per heavy atom. The van der Waals surface area contributed by atoms with Crippen LogP contribution in [0.25, 0.3) is 0 Å². The van der Waals surface area contributed by atoms with Crippen molar-refractivity contribution < 1.29 is 9.53 Å². The van der Waals surface area contributed by atoms with Crippen molar-refractivity contribution in [2.24, 2.45) is 5.73 Å². The van der Waals surface area contributed by atoms with E-state index < -0.39 is 6.04 Å². The zero-order chi connectivity index (χ0) is 11.3. The topological polar surface area (TPSA) is 52.3 Å². The predicted molar refractivity (Wildman–Crippen MR) is 69.7 cm³/mol. The van der Waals surface area contributed by atoms with Gasteiger partial charge in [0.2, 0.25) is 0 Å². The average molecular weight is 309 g/mol. The van der Waals surface area contributed by atoms with Crippen LogP contribution in [-0.2, 0) is 16.0 Å². The minimum atomic E-state index is -0.578. The minimum Gasteiger partial charge on any atom is -0.465 e. The molecule has 0 saturated carbocycles. The number of rotatable bonds is 4. The normalized spacial score (nSPS) is 11.4. The van der Waals surface area contributed by atoms with Crippen LogP contribution in [0.15, 0.2) is 28.7 Å². The summed E-state index contributed by atoms with van der Waals surface area (Å²) in [7, 11) is 0. The van der Waals surface area contributed by atoms with Crippen LogP contribution in [0, 0.1) is 0 Å². The number of carbonyl (C=O) groups excluding carboxylic acids is 1. The van der Waals surface area contributed by atoms with E-state index in [1.807, 2.05) is 24.3 Å². The van der Waals surface area contributed by atoms with Gasteiger partial charge in [-0.25, -0.2) is 0 Å². The molecule has 16 heavy (non-hydrogen) atoms. The van der Waals surface area contributed by atoms with Crippen LogP contribution in [0.2, 0.25) is 0 Å². The molecule has 0 radical (unpaired) electrons. The van der Waals surface area contributed by atoms with Crippen LogP contribution in [0.3, 0.4) is 0 Å². The van der Waals surface area contributed by atoms with Gasteiger partial charge in [0.25, 0.3) is 0 Å². The van der Waals surface area contributed by atoms with Crippen LogP contribution < -0.4 is 5.73 Å². The van der Waals surface area contributed by atoms with Crippen molar-refractivity contribution in [1.82, 2.24) is 0 Å². The number of esters is 1.